The Morgan fingerprint density at radius 1 is 0.964 bits per heavy atom. The Balaban J connectivity index is 0.00000225. The van der Waals surface area contributed by atoms with E-state index >= 15 is 0 Å². The van der Waals surface area contributed by atoms with Gasteiger partial charge in [0.2, 0.25) is 11.8 Å². The minimum atomic E-state index is -0.253. The monoisotopic (exact) mass is 405 g/mol. The quantitative estimate of drug-likeness (QED) is 0.791. The van der Waals surface area contributed by atoms with E-state index in [0.29, 0.717) is 19.0 Å². The summed E-state index contributed by atoms with van der Waals surface area (Å²) in [4.78, 5) is 29.6. The number of piperidine rings is 1. The lowest BCUT2D eigenvalue weighted by Crippen LogP contribution is -2.52. The average Bonchev–Trinajstić information content (AvgIpc) is 3.40. The molecule has 1 atom stereocenters. The van der Waals surface area contributed by atoms with Crippen LogP contribution in [-0.2, 0) is 16.0 Å². The molecule has 0 bridgehead atoms. The third-order valence-corrected chi connectivity index (χ3v) is 6.26. The van der Waals surface area contributed by atoms with E-state index in [0.717, 1.165) is 56.8 Å². The highest BCUT2D eigenvalue weighted by Gasteiger charge is 2.37. The highest BCUT2D eigenvalue weighted by atomic mass is 35.5. The van der Waals surface area contributed by atoms with Gasteiger partial charge >= 0.3 is 0 Å². The highest BCUT2D eigenvalue weighted by Crippen LogP contribution is 2.28. The van der Waals surface area contributed by atoms with Crippen molar-refractivity contribution in [1.82, 2.24) is 15.1 Å². The van der Waals surface area contributed by atoms with Crippen LogP contribution in [0.1, 0.15) is 44.1 Å². The van der Waals surface area contributed by atoms with Gasteiger partial charge in [0, 0.05) is 25.7 Å². The van der Waals surface area contributed by atoms with Crippen molar-refractivity contribution < 1.29 is 9.59 Å². The van der Waals surface area contributed by atoms with Crippen LogP contribution < -0.4 is 5.32 Å². The van der Waals surface area contributed by atoms with Crippen LogP contribution in [0.4, 0.5) is 0 Å². The molecule has 28 heavy (non-hydrogen) atoms. The first-order valence-corrected chi connectivity index (χ1v) is 10.6. The fourth-order valence-corrected chi connectivity index (χ4v) is 4.36. The fraction of sp³-hybridized carbons (Fsp3) is 0.636. The molecule has 1 unspecified atom stereocenters. The summed E-state index contributed by atoms with van der Waals surface area (Å²) in [5.41, 5.74) is 1.02. The van der Waals surface area contributed by atoms with Crippen LogP contribution in [0.3, 0.4) is 0 Å². The van der Waals surface area contributed by atoms with Crippen molar-refractivity contribution in [3.8, 4) is 0 Å². The zero-order valence-electron chi connectivity index (χ0n) is 16.5. The molecule has 2 heterocycles. The number of rotatable bonds is 6. The molecule has 3 aliphatic rings. The standard InChI is InChI=1S/C22H31N3O2.ClH/c26-21(15-17-5-2-1-3-6-17)25-12-4-7-20(25)22(27)24-13-10-19(11-14-24)23-16-18-8-9-18;/h1-3,5-6,18-20,23H,4,7-16H2;1H. The Morgan fingerprint density at radius 2 is 1.68 bits per heavy atom. The maximum atomic E-state index is 13.1. The summed E-state index contributed by atoms with van der Waals surface area (Å²) >= 11 is 0. The molecule has 154 valence electrons. The predicted octanol–water partition coefficient (Wildman–Crippen LogP) is 2.63. The van der Waals surface area contributed by atoms with Gasteiger partial charge in [-0.05, 0) is 56.6 Å². The number of hydrogen-bond donors (Lipinski definition) is 1. The van der Waals surface area contributed by atoms with Crippen molar-refractivity contribution in [2.24, 2.45) is 5.92 Å². The summed E-state index contributed by atoms with van der Waals surface area (Å²) in [6.45, 7) is 3.49. The number of nitrogens with zero attached hydrogens (tertiary/aromatic N) is 2. The van der Waals surface area contributed by atoms with Crippen molar-refractivity contribution in [2.75, 3.05) is 26.2 Å². The van der Waals surface area contributed by atoms with Gasteiger partial charge in [-0.25, -0.2) is 0 Å². The second kappa shape index (κ2) is 9.75. The first kappa shape index (κ1) is 21.1. The molecule has 0 spiro atoms. The molecule has 1 N–H and O–H groups in total. The molecular formula is C22H32ClN3O2. The molecule has 1 aromatic rings. The Morgan fingerprint density at radius 3 is 2.36 bits per heavy atom. The van der Waals surface area contributed by atoms with Gasteiger partial charge in [0.25, 0.3) is 0 Å². The van der Waals surface area contributed by atoms with Gasteiger partial charge in [0.15, 0.2) is 0 Å². The molecule has 0 radical (unpaired) electrons. The Bertz CT molecular complexity index is 657. The van der Waals surface area contributed by atoms with E-state index in [1.807, 2.05) is 40.1 Å². The van der Waals surface area contributed by atoms with Crippen LogP contribution in [-0.4, -0.2) is 59.9 Å². The maximum absolute atomic E-state index is 13.1. The number of hydrogen-bond acceptors (Lipinski definition) is 3. The zero-order chi connectivity index (χ0) is 18.6. The lowest BCUT2D eigenvalue weighted by atomic mass is 10.0. The summed E-state index contributed by atoms with van der Waals surface area (Å²) in [7, 11) is 0. The van der Waals surface area contributed by atoms with E-state index in [1.165, 1.54) is 12.8 Å². The molecule has 5 nitrogen and oxygen atoms in total. The van der Waals surface area contributed by atoms with Crippen LogP contribution in [0.5, 0.6) is 0 Å². The van der Waals surface area contributed by atoms with E-state index in [-0.39, 0.29) is 30.3 Å². The van der Waals surface area contributed by atoms with E-state index in [2.05, 4.69) is 5.32 Å². The van der Waals surface area contributed by atoms with Crippen molar-refractivity contribution in [3.63, 3.8) is 0 Å². The number of nitrogens with one attached hydrogen (secondary N) is 1. The number of amides is 2. The third-order valence-electron chi connectivity index (χ3n) is 6.26. The number of carbonyl (C=O) groups is 2. The van der Waals surface area contributed by atoms with E-state index < -0.39 is 0 Å². The first-order chi connectivity index (χ1) is 13.2. The molecule has 2 amide bonds. The molecule has 3 fully saturated rings. The summed E-state index contributed by atoms with van der Waals surface area (Å²) in [5.74, 6) is 1.14. The van der Waals surface area contributed by atoms with Gasteiger partial charge in [0.05, 0.1) is 6.42 Å². The number of likely N-dealkylation sites (tertiary alicyclic amines) is 2. The smallest absolute Gasteiger partial charge is 0.245 e. The topological polar surface area (TPSA) is 52.7 Å². The SMILES string of the molecule is Cl.O=C(C1CCCN1C(=O)Cc1ccccc1)N1CCC(NCC2CC2)CC1. The molecule has 0 aromatic heterocycles. The summed E-state index contributed by atoms with van der Waals surface area (Å²) in [6.07, 6.45) is 6.93. The zero-order valence-corrected chi connectivity index (χ0v) is 17.3. The van der Waals surface area contributed by atoms with Gasteiger partial charge in [-0.15, -0.1) is 12.4 Å². The molecule has 6 heteroatoms. The van der Waals surface area contributed by atoms with Crippen LogP contribution in [0.2, 0.25) is 0 Å². The van der Waals surface area contributed by atoms with E-state index in [9.17, 15) is 9.59 Å². The normalized spacial score (nSPS) is 22.8. The molecule has 1 saturated carbocycles. The van der Waals surface area contributed by atoms with Gasteiger partial charge in [-0.1, -0.05) is 30.3 Å². The van der Waals surface area contributed by atoms with Crippen LogP contribution in [0.15, 0.2) is 30.3 Å². The largest absolute Gasteiger partial charge is 0.341 e. The fourth-order valence-electron chi connectivity index (χ4n) is 4.36. The van der Waals surface area contributed by atoms with Crippen LogP contribution in [0.25, 0.3) is 0 Å². The van der Waals surface area contributed by atoms with Crippen molar-refractivity contribution in [1.29, 1.82) is 0 Å². The molecular weight excluding hydrogens is 374 g/mol. The minimum absolute atomic E-state index is 0. The maximum Gasteiger partial charge on any atom is 0.245 e. The van der Waals surface area contributed by atoms with Crippen molar-refractivity contribution in [3.05, 3.63) is 35.9 Å². The second-order valence-corrected chi connectivity index (χ2v) is 8.36. The lowest BCUT2D eigenvalue weighted by molar-refractivity contribution is -0.144. The van der Waals surface area contributed by atoms with Crippen LogP contribution >= 0.6 is 12.4 Å². The Hall–Kier alpha value is -1.59. The first-order valence-electron chi connectivity index (χ1n) is 10.6. The molecule has 2 aliphatic heterocycles. The molecule has 4 rings (SSSR count). The Labute approximate surface area is 174 Å². The van der Waals surface area contributed by atoms with Gasteiger partial charge in [-0.3, -0.25) is 9.59 Å². The average molecular weight is 406 g/mol. The van der Waals surface area contributed by atoms with Crippen molar-refractivity contribution in [2.45, 2.75) is 57.0 Å². The van der Waals surface area contributed by atoms with Crippen LogP contribution in [0, 0.1) is 5.92 Å². The van der Waals surface area contributed by atoms with Gasteiger partial charge in [0.1, 0.15) is 6.04 Å². The lowest BCUT2D eigenvalue weighted by Gasteiger charge is -2.36. The predicted molar refractivity (Wildman–Crippen MR) is 112 cm³/mol. The molecule has 2 saturated heterocycles. The minimum Gasteiger partial charge on any atom is -0.341 e. The number of carbonyl (C=O) groups excluding carboxylic acids is 2. The summed E-state index contributed by atoms with van der Waals surface area (Å²) < 4.78 is 0. The second-order valence-electron chi connectivity index (χ2n) is 8.36. The summed E-state index contributed by atoms with van der Waals surface area (Å²) in [6, 6.07) is 10.1. The molecule has 1 aliphatic carbocycles. The van der Waals surface area contributed by atoms with E-state index in [1.54, 1.807) is 0 Å². The van der Waals surface area contributed by atoms with Gasteiger partial charge < -0.3 is 15.1 Å². The van der Waals surface area contributed by atoms with Crippen molar-refractivity contribution >= 4 is 24.2 Å². The van der Waals surface area contributed by atoms with Gasteiger partial charge in [-0.2, -0.15) is 0 Å². The molecule has 1 aromatic carbocycles. The Kier molecular flexibility index (Phi) is 7.36. The third kappa shape index (κ3) is 5.26. The van der Waals surface area contributed by atoms with E-state index in [4.69, 9.17) is 0 Å². The number of halogens is 1. The number of benzene rings is 1. The highest BCUT2D eigenvalue weighted by molar-refractivity contribution is 5.89. The summed E-state index contributed by atoms with van der Waals surface area (Å²) in [5, 5.41) is 3.66.